The summed E-state index contributed by atoms with van der Waals surface area (Å²) in [7, 11) is 1.93. The molecule has 1 rings (SSSR count). The lowest BCUT2D eigenvalue weighted by Crippen LogP contribution is -2.39. The van der Waals surface area contributed by atoms with E-state index in [-0.39, 0.29) is 17.3 Å². The minimum absolute atomic E-state index is 0.0931. The second kappa shape index (κ2) is 4.75. The van der Waals surface area contributed by atoms with Gasteiger partial charge in [0.1, 0.15) is 11.9 Å². The highest BCUT2D eigenvalue weighted by molar-refractivity contribution is 5.59. The summed E-state index contributed by atoms with van der Waals surface area (Å²) in [4.78, 5) is 2.03. The molecule has 0 aromatic heterocycles. The van der Waals surface area contributed by atoms with Crippen molar-refractivity contribution in [3.63, 3.8) is 0 Å². The molecule has 0 spiro atoms. The van der Waals surface area contributed by atoms with Crippen LogP contribution in [0.5, 0.6) is 0 Å². The summed E-state index contributed by atoms with van der Waals surface area (Å²) in [6.07, 6.45) is 0. The zero-order chi connectivity index (χ0) is 13.2. The highest BCUT2D eigenvalue weighted by atomic mass is 19.1. The van der Waals surface area contributed by atoms with Gasteiger partial charge in [-0.2, -0.15) is 5.26 Å². The van der Waals surface area contributed by atoms with Gasteiger partial charge >= 0.3 is 0 Å². The SMILES string of the molecule is CC(N(C)c1ccc(F)cc1C#N)C(C)(C)C. The Morgan fingerprint density at radius 1 is 1.35 bits per heavy atom. The normalized spacial score (nSPS) is 13.0. The van der Waals surface area contributed by atoms with Crippen LogP contribution in [0.2, 0.25) is 0 Å². The first kappa shape index (κ1) is 13.5. The molecule has 0 N–H and O–H groups in total. The number of benzene rings is 1. The van der Waals surface area contributed by atoms with Gasteiger partial charge < -0.3 is 4.90 Å². The maximum absolute atomic E-state index is 13.1. The van der Waals surface area contributed by atoms with E-state index in [4.69, 9.17) is 5.26 Å². The molecule has 0 amide bonds. The number of hydrogen-bond donors (Lipinski definition) is 0. The number of rotatable bonds is 2. The van der Waals surface area contributed by atoms with Crippen LogP contribution in [-0.2, 0) is 0 Å². The number of halogens is 1. The first-order valence-electron chi connectivity index (χ1n) is 5.70. The zero-order valence-electron chi connectivity index (χ0n) is 11.1. The van der Waals surface area contributed by atoms with Crippen LogP contribution in [0.4, 0.5) is 10.1 Å². The first-order valence-corrected chi connectivity index (χ1v) is 5.70. The first-order chi connectivity index (χ1) is 7.77. The van der Waals surface area contributed by atoms with Gasteiger partial charge in [0.15, 0.2) is 0 Å². The number of nitriles is 1. The fourth-order valence-corrected chi connectivity index (χ4v) is 1.69. The van der Waals surface area contributed by atoms with Crippen molar-refractivity contribution < 1.29 is 4.39 Å². The van der Waals surface area contributed by atoms with E-state index in [1.807, 2.05) is 18.0 Å². The third kappa shape index (κ3) is 2.97. The summed E-state index contributed by atoms with van der Waals surface area (Å²) < 4.78 is 13.1. The zero-order valence-corrected chi connectivity index (χ0v) is 11.1. The van der Waals surface area contributed by atoms with Crippen molar-refractivity contribution in [2.45, 2.75) is 33.7 Å². The molecule has 0 radical (unpaired) electrons. The van der Waals surface area contributed by atoms with Crippen LogP contribution >= 0.6 is 0 Å². The Balaban J connectivity index is 3.13. The maximum Gasteiger partial charge on any atom is 0.124 e. The Bertz CT molecular complexity index is 441. The Hall–Kier alpha value is -1.56. The van der Waals surface area contributed by atoms with E-state index in [1.54, 1.807) is 6.07 Å². The van der Waals surface area contributed by atoms with Crippen LogP contribution in [0.15, 0.2) is 18.2 Å². The topological polar surface area (TPSA) is 27.0 Å². The van der Waals surface area contributed by atoms with Crippen molar-refractivity contribution in [2.75, 3.05) is 11.9 Å². The van der Waals surface area contributed by atoms with Crippen LogP contribution < -0.4 is 4.90 Å². The van der Waals surface area contributed by atoms with E-state index in [0.29, 0.717) is 5.56 Å². The van der Waals surface area contributed by atoms with Gasteiger partial charge in [-0.1, -0.05) is 20.8 Å². The van der Waals surface area contributed by atoms with Gasteiger partial charge in [0.05, 0.1) is 11.3 Å². The lowest BCUT2D eigenvalue weighted by atomic mass is 9.86. The predicted octanol–water partition coefficient (Wildman–Crippen LogP) is 3.57. The molecule has 1 aromatic carbocycles. The summed E-state index contributed by atoms with van der Waals surface area (Å²) in [5.74, 6) is -0.373. The average Bonchev–Trinajstić information content (AvgIpc) is 2.25. The predicted molar refractivity (Wildman–Crippen MR) is 68.4 cm³/mol. The molecule has 0 aliphatic heterocycles. The number of anilines is 1. The van der Waals surface area contributed by atoms with Crippen molar-refractivity contribution in [1.82, 2.24) is 0 Å². The third-order valence-electron chi connectivity index (χ3n) is 3.29. The molecule has 1 aromatic rings. The van der Waals surface area contributed by atoms with Crippen molar-refractivity contribution in [1.29, 1.82) is 5.26 Å². The van der Waals surface area contributed by atoms with Crippen LogP contribution in [0.25, 0.3) is 0 Å². The molecule has 0 fully saturated rings. The summed E-state index contributed by atoms with van der Waals surface area (Å²) in [5, 5.41) is 9.03. The highest BCUT2D eigenvalue weighted by Crippen LogP contribution is 2.29. The molecule has 1 atom stereocenters. The molecule has 0 saturated heterocycles. The second-order valence-corrected chi connectivity index (χ2v) is 5.43. The van der Waals surface area contributed by atoms with Gasteiger partial charge in [-0.3, -0.25) is 0 Å². The van der Waals surface area contributed by atoms with E-state index in [9.17, 15) is 4.39 Å². The van der Waals surface area contributed by atoms with Gasteiger partial charge in [0.25, 0.3) is 0 Å². The van der Waals surface area contributed by atoms with Crippen molar-refractivity contribution in [3.8, 4) is 6.07 Å². The van der Waals surface area contributed by atoms with Gasteiger partial charge in [0.2, 0.25) is 0 Å². The smallest absolute Gasteiger partial charge is 0.124 e. The molecule has 0 saturated carbocycles. The molecule has 2 nitrogen and oxygen atoms in total. The van der Waals surface area contributed by atoms with Crippen LogP contribution in [-0.4, -0.2) is 13.1 Å². The maximum atomic E-state index is 13.1. The molecule has 1 unspecified atom stereocenters. The molecule has 92 valence electrons. The van der Waals surface area contributed by atoms with Gasteiger partial charge in [-0.15, -0.1) is 0 Å². The van der Waals surface area contributed by atoms with E-state index >= 15 is 0 Å². The fraction of sp³-hybridized carbons (Fsp3) is 0.500. The molecule has 3 heteroatoms. The quantitative estimate of drug-likeness (QED) is 0.782. The summed E-state index contributed by atoms with van der Waals surface area (Å²) in [6, 6.07) is 6.62. The minimum Gasteiger partial charge on any atom is -0.370 e. The van der Waals surface area contributed by atoms with Crippen LogP contribution in [0.3, 0.4) is 0 Å². The lowest BCUT2D eigenvalue weighted by molar-refractivity contribution is 0.329. The molecule has 17 heavy (non-hydrogen) atoms. The Morgan fingerprint density at radius 3 is 2.41 bits per heavy atom. The van der Waals surface area contributed by atoms with Gasteiger partial charge in [-0.05, 0) is 30.5 Å². The van der Waals surface area contributed by atoms with Crippen molar-refractivity contribution in [3.05, 3.63) is 29.6 Å². The highest BCUT2D eigenvalue weighted by Gasteiger charge is 2.25. The Kier molecular flexibility index (Phi) is 3.77. The summed E-state index contributed by atoms with van der Waals surface area (Å²) >= 11 is 0. The Morgan fingerprint density at radius 2 is 1.94 bits per heavy atom. The summed E-state index contributed by atoms with van der Waals surface area (Å²) in [6.45, 7) is 8.53. The number of hydrogen-bond acceptors (Lipinski definition) is 2. The third-order valence-corrected chi connectivity index (χ3v) is 3.29. The Labute approximate surface area is 103 Å². The van der Waals surface area contributed by atoms with E-state index in [0.717, 1.165) is 5.69 Å². The minimum atomic E-state index is -0.373. The van der Waals surface area contributed by atoms with E-state index in [1.165, 1.54) is 12.1 Å². The molecular formula is C14H19FN2. The standard InChI is InChI=1S/C14H19FN2/c1-10(14(2,3)4)17(5)13-7-6-12(15)8-11(13)9-16/h6-8,10H,1-5H3. The fourth-order valence-electron chi connectivity index (χ4n) is 1.69. The average molecular weight is 234 g/mol. The molecule has 0 heterocycles. The van der Waals surface area contributed by atoms with E-state index < -0.39 is 0 Å². The second-order valence-electron chi connectivity index (χ2n) is 5.43. The molecule has 0 bridgehead atoms. The van der Waals surface area contributed by atoms with Crippen LogP contribution in [0.1, 0.15) is 33.3 Å². The summed E-state index contributed by atoms with van der Waals surface area (Å²) in [5.41, 5.74) is 1.25. The van der Waals surface area contributed by atoms with Crippen molar-refractivity contribution >= 4 is 5.69 Å². The molecule has 0 aliphatic carbocycles. The largest absolute Gasteiger partial charge is 0.370 e. The monoisotopic (exact) mass is 234 g/mol. The van der Waals surface area contributed by atoms with Gasteiger partial charge in [0, 0.05) is 13.1 Å². The van der Waals surface area contributed by atoms with Crippen molar-refractivity contribution in [2.24, 2.45) is 5.41 Å². The van der Waals surface area contributed by atoms with E-state index in [2.05, 4.69) is 27.7 Å². The van der Waals surface area contributed by atoms with Gasteiger partial charge in [-0.25, -0.2) is 4.39 Å². The molecule has 0 aliphatic rings. The number of nitrogens with zero attached hydrogens (tertiary/aromatic N) is 2. The molecular weight excluding hydrogens is 215 g/mol. The lowest BCUT2D eigenvalue weighted by Gasteiger charge is -2.37. The van der Waals surface area contributed by atoms with Crippen LogP contribution in [0, 0.1) is 22.6 Å².